The summed E-state index contributed by atoms with van der Waals surface area (Å²) in [5.41, 5.74) is 0.527. The van der Waals surface area contributed by atoms with Crippen molar-refractivity contribution >= 4 is 15.7 Å². The number of aromatic nitrogens is 1. The van der Waals surface area contributed by atoms with Gasteiger partial charge in [-0.3, -0.25) is 4.79 Å². The van der Waals surface area contributed by atoms with E-state index in [0.29, 0.717) is 24.6 Å². The number of rotatable bonds is 5. The number of carbonyl (C=O) groups excluding carboxylic acids is 1. The van der Waals surface area contributed by atoms with Gasteiger partial charge in [0.15, 0.2) is 16.2 Å². The second-order valence-electron chi connectivity index (χ2n) is 7.28. The Morgan fingerprint density at radius 3 is 2.75 bits per heavy atom. The Bertz CT molecular complexity index is 746. The number of hydrogen-bond donors (Lipinski definition) is 0. The van der Waals surface area contributed by atoms with E-state index in [-0.39, 0.29) is 36.4 Å². The van der Waals surface area contributed by atoms with Gasteiger partial charge in [-0.15, -0.1) is 0 Å². The molecule has 0 aromatic carbocycles. The van der Waals surface area contributed by atoms with Gasteiger partial charge >= 0.3 is 0 Å². The van der Waals surface area contributed by atoms with Gasteiger partial charge in [0.25, 0.3) is 5.91 Å². The van der Waals surface area contributed by atoms with E-state index < -0.39 is 14.6 Å². The highest BCUT2D eigenvalue weighted by Gasteiger charge is 2.62. The molecule has 1 saturated carbocycles. The monoisotopic (exact) mass is 354 g/mol. The van der Waals surface area contributed by atoms with Crippen molar-refractivity contribution in [1.82, 2.24) is 9.88 Å². The van der Waals surface area contributed by atoms with Crippen LogP contribution in [0.2, 0.25) is 0 Å². The molecule has 7 nitrogen and oxygen atoms in total. The van der Waals surface area contributed by atoms with E-state index in [1.165, 1.54) is 19.2 Å². The fourth-order valence-corrected chi connectivity index (χ4v) is 6.16. The zero-order valence-corrected chi connectivity index (χ0v) is 14.5. The topological polar surface area (TPSA) is 89.7 Å². The first-order valence-corrected chi connectivity index (χ1v) is 10.1. The number of likely N-dealkylation sites (tertiary alicyclic amines) is 1. The molecule has 3 fully saturated rings. The quantitative estimate of drug-likeness (QED) is 0.785. The summed E-state index contributed by atoms with van der Waals surface area (Å²) in [5, 5.41) is 0. The molecule has 24 heavy (non-hydrogen) atoms. The molecule has 8 heteroatoms. The Morgan fingerprint density at radius 1 is 1.38 bits per heavy atom. The van der Waals surface area contributed by atoms with Crippen molar-refractivity contribution in [2.45, 2.75) is 30.9 Å². The average Bonchev–Trinajstić information content (AvgIpc) is 3.14. The molecule has 0 bridgehead atoms. The lowest BCUT2D eigenvalue weighted by Crippen LogP contribution is -2.68. The number of aryl methyl sites for hydroxylation is 1. The van der Waals surface area contributed by atoms with Gasteiger partial charge in [0, 0.05) is 25.6 Å². The van der Waals surface area contributed by atoms with Crippen LogP contribution >= 0.6 is 0 Å². The summed E-state index contributed by atoms with van der Waals surface area (Å²) in [6, 6.07) is 0. The van der Waals surface area contributed by atoms with Crippen molar-refractivity contribution < 1.29 is 22.4 Å². The van der Waals surface area contributed by atoms with Crippen LogP contribution in [0.5, 0.6) is 0 Å². The molecule has 3 heterocycles. The summed E-state index contributed by atoms with van der Waals surface area (Å²) < 4.78 is 35.2. The van der Waals surface area contributed by atoms with Crippen LogP contribution in [-0.4, -0.2) is 61.0 Å². The van der Waals surface area contributed by atoms with E-state index in [9.17, 15) is 13.2 Å². The fourth-order valence-electron chi connectivity index (χ4n) is 3.76. The number of amides is 1. The second kappa shape index (κ2) is 5.56. The predicted octanol–water partition coefficient (Wildman–Crippen LogP) is 1.04. The van der Waals surface area contributed by atoms with Crippen molar-refractivity contribution in [3.8, 4) is 0 Å². The summed E-state index contributed by atoms with van der Waals surface area (Å²) in [6.07, 6.45) is 4.29. The lowest BCUT2D eigenvalue weighted by molar-refractivity contribution is 0.0210. The molecule has 1 aromatic rings. The third kappa shape index (κ3) is 2.47. The lowest BCUT2D eigenvalue weighted by Gasteiger charge is -2.49. The minimum Gasteiger partial charge on any atom is -0.438 e. The van der Waals surface area contributed by atoms with Gasteiger partial charge in [0.1, 0.15) is 4.75 Å². The summed E-state index contributed by atoms with van der Waals surface area (Å²) in [7, 11) is -3.20. The maximum absolute atomic E-state index is 12.6. The van der Waals surface area contributed by atoms with Crippen LogP contribution in [0.15, 0.2) is 10.8 Å². The molecule has 1 spiro atoms. The Balaban J connectivity index is 1.44. The van der Waals surface area contributed by atoms with Crippen LogP contribution in [0.3, 0.4) is 0 Å². The van der Waals surface area contributed by atoms with Gasteiger partial charge in [-0.1, -0.05) is 0 Å². The molecule has 2 aliphatic heterocycles. The van der Waals surface area contributed by atoms with E-state index >= 15 is 0 Å². The zero-order chi connectivity index (χ0) is 16.9. The normalized spacial score (nSPS) is 27.4. The largest absolute Gasteiger partial charge is 0.438 e. The van der Waals surface area contributed by atoms with E-state index in [2.05, 4.69) is 4.98 Å². The minimum atomic E-state index is -3.20. The van der Waals surface area contributed by atoms with Gasteiger partial charge in [-0.2, -0.15) is 0 Å². The standard InChI is InChI=1S/C16H22N2O5S/c1-11-14(23-10-17-11)15(19)18-8-16(9-18)13(4-5-24(16,20)21)7-22-6-12-2-3-12/h10,12-13H,2-9H2,1H3/t13-/m0/s1. The smallest absolute Gasteiger partial charge is 0.291 e. The first kappa shape index (κ1) is 16.1. The molecule has 1 atom stereocenters. The van der Waals surface area contributed by atoms with E-state index in [1.54, 1.807) is 11.8 Å². The molecule has 3 aliphatic rings. The Labute approximate surface area is 141 Å². The van der Waals surface area contributed by atoms with E-state index in [1.807, 2.05) is 0 Å². The molecule has 4 rings (SSSR count). The first-order valence-electron chi connectivity index (χ1n) is 8.42. The maximum atomic E-state index is 12.6. The highest BCUT2D eigenvalue weighted by Crippen LogP contribution is 2.45. The third-order valence-electron chi connectivity index (χ3n) is 5.61. The molecular weight excluding hydrogens is 332 g/mol. The zero-order valence-electron chi connectivity index (χ0n) is 13.7. The van der Waals surface area contributed by atoms with E-state index in [4.69, 9.17) is 9.15 Å². The molecular formula is C16H22N2O5S. The van der Waals surface area contributed by atoms with E-state index in [0.717, 1.165) is 6.61 Å². The number of hydrogen-bond acceptors (Lipinski definition) is 6. The molecule has 1 aromatic heterocycles. The highest BCUT2D eigenvalue weighted by molar-refractivity contribution is 7.93. The van der Waals surface area contributed by atoms with Crippen molar-refractivity contribution in [2.75, 3.05) is 32.1 Å². The Hall–Kier alpha value is -1.41. The van der Waals surface area contributed by atoms with Gasteiger partial charge in [-0.25, -0.2) is 13.4 Å². The molecule has 0 unspecified atom stereocenters. The van der Waals surface area contributed by atoms with Crippen LogP contribution < -0.4 is 0 Å². The van der Waals surface area contributed by atoms with Crippen LogP contribution in [0.4, 0.5) is 0 Å². The summed E-state index contributed by atoms with van der Waals surface area (Å²) in [6.45, 7) is 3.36. The Morgan fingerprint density at radius 2 is 2.12 bits per heavy atom. The van der Waals surface area contributed by atoms with Crippen LogP contribution in [-0.2, 0) is 14.6 Å². The molecule has 0 radical (unpaired) electrons. The second-order valence-corrected chi connectivity index (χ2v) is 9.73. The third-order valence-corrected chi connectivity index (χ3v) is 8.22. The molecule has 1 aliphatic carbocycles. The summed E-state index contributed by atoms with van der Waals surface area (Å²) in [5.74, 6) is 0.736. The number of nitrogens with zero attached hydrogens (tertiary/aromatic N) is 2. The van der Waals surface area contributed by atoms with Crippen LogP contribution in [0.25, 0.3) is 0 Å². The predicted molar refractivity (Wildman–Crippen MR) is 85.3 cm³/mol. The van der Waals surface area contributed by atoms with Crippen LogP contribution in [0.1, 0.15) is 35.5 Å². The van der Waals surface area contributed by atoms with Crippen molar-refractivity contribution in [2.24, 2.45) is 11.8 Å². The minimum absolute atomic E-state index is 0.0267. The van der Waals surface area contributed by atoms with Crippen molar-refractivity contribution in [1.29, 1.82) is 0 Å². The van der Waals surface area contributed by atoms with Gasteiger partial charge in [0.2, 0.25) is 5.76 Å². The Kier molecular flexibility index (Phi) is 3.72. The number of carbonyl (C=O) groups is 1. The fraction of sp³-hybridized carbons (Fsp3) is 0.750. The van der Waals surface area contributed by atoms with Gasteiger partial charge in [0.05, 0.1) is 18.1 Å². The van der Waals surface area contributed by atoms with Gasteiger partial charge in [-0.05, 0) is 32.1 Å². The highest BCUT2D eigenvalue weighted by atomic mass is 32.2. The molecule has 132 valence electrons. The van der Waals surface area contributed by atoms with Crippen molar-refractivity contribution in [3.63, 3.8) is 0 Å². The van der Waals surface area contributed by atoms with Crippen LogP contribution in [0, 0.1) is 18.8 Å². The molecule has 0 N–H and O–H groups in total. The van der Waals surface area contributed by atoms with Gasteiger partial charge < -0.3 is 14.1 Å². The number of ether oxygens (including phenoxy) is 1. The number of oxazole rings is 1. The SMILES string of the molecule is Cc1ncoc1C(=O)N1CC2(C1)[C@H](COCC1CC1)CCS2(=O)=O. The molecule has 2 saturated heterocycles. The lowest BCUT2D eigenvalue weighted by atomic mass is 9.83. The summed E-state index contributed by atoms with van der Waals surface area (Å²) in [4.78, 5) is 17.9. The first-order chi connectivity index (χ1) is 11.4. The average molecular weight is 354 g/mol. The van der Waals surface area contributed by atoms with Crippen molar-refractivity contribution in [3.05, 3.63) is 17.8 Å². The maximum Gasteiger partial charge on any atom is 0.291 e. The molecule has 1 amide bonds. The summed E-state index contributed by atoms with van der Waals surface area (Å²) >= 11 is 0. The number of sulfone groups is 1.